The fourth-order valence-electron chi connectivity index (χ4n) is 4.49. The van der Waals surface area contributed by atoms with Crippen LogP contribution in [0.3, 0.4) is 0 Å². The zero-order chi connectivity index (χ0) is 22.3. The van der Waals surface area contributed by atoms with Crippen LogP contribution in [0.15, 0.2) is 36.4 Å². The minimum Gasteiger partial charge on any atom is -0.383 e. The number of nitrogens with one attached hydrogen (secondary N) is 1. The van der Waals surface area contributed by atoms with E-state index in [2.05, 4.69) is 15.2 Å². The third kappa shape index (κ3) is 3.63. The topological polar surface area (TPSA) is 115 Å². The van der Waals surface area contributed by atoms with E-state index in [0.717, 1.165) is 18.4 Å². The van der Waals surface area contributed by atoms with Crippen LogP contribution in [0.4, 0.5) is 11.8 Å². The second-order valence-corrected chi connectivity index (χ2v) is 8.36. The van der Waals surface area contributed by atoms with Gasteiger partial charge in [-0.2, -0.15) is 9.97 Å². The number of methoxy groups -OCH3 is 1. The molecule has 0 atom stereocenters. The van der Waals surface area contributed by atoms with E-state index >= 15 is 0 Å². The summed E-state index contributed by atoms with van der Waals surface area (Å²) in [6, 6.07) is 11.1. The molecule has 2 aromatic heterocycles. The van der Waals surface area contributed by atoms with E-state index < -0.39 is 0 Å². The lowest BCUT2D eigenvalue weighted by atomic mass is 9.76. The number of hydrogen-bond acceptors (Lipinski definition) is 8. The van der Waals surface area contributed by atoms with Gasteiger partial charge in [-0.05, 0) is 24.3 Å². The van der Waals surface area contributed by atoms with Crippen LogP contribution in [-0.4, -0.2) is 66.4 Å². The van der Waals surface area contributed by atoms with E-state index in [-0.39, 0.29) is 17.6 Å². The van der Waals surface area contributed by atoms with Crippen molar-refractivity contribution >= 4 is 28.7 Å². The van der Waals surface area contributed by atoms with Crippen LogP contribution in [0.2, 0.25) is 0 Å². The second kappa shape index (κ2) is 7.99. The zero-order valence-corrected chi connectivity index (χ0v) is 18.2. The lowest BCUT2D eigenvalue weighted by molar-refractivity contribution is -0.168. The number of benzene rings is 1. The average molecular weight is 435 g/mol. The third-order valence-corrected chi connectivity index (χ3v) is 6.29. The summed E-state index contributed by atoms with van der Waals surface area (Å²) < 4.78 is 11.5. The monoisotopic (exact) mass is 434 g/mol. The fraction of sp³-hybridized carbons (Fsp3) is 0.391. The summed E-state index contributed by atoms with van der Waals surface area (Å²) in [4.78, 5) is 28.2. The minimum absolute atomic E-state index is 0.144. The van der Waals surface area contributed by atoms with Gasteiger partial charge in [-0.3, -0.25) is 4.79 Å². The van der Waals surface area contributed by atoms with Crippen molar-refractivity contribution in [3.05, 3.63) is 42.0 Å². The molecule has 2 fully saturated rings. The summed E-state index contributed by atoms with van der Waals surface area (Å²) >= 11 is 0. The predicted molar refractivity (Wildman–Crippen MR) is 121 cm³/mol. The molecule has 1 saturated heterocycles. The Hall–Kier alpha value is -3.30. The molecule has 1 amide bonds. The van der Waals surface area contributed by atoms with Gasteiger partial charge < -0.3 is 25.4 Å². The highest BCUT2D eigenvalue weighted by Crippen LogP contribution is 2.40. The minimum atomic E-state index is -0.207. The number of nitrogen functional groups attached to an aromatic ring is 1. The molecule has 9 nitrogen and oxygen atoms in total. The van der Waals surface area contributed by atoms with E-state index in [1.54, 1.807) is 20.2 Å². The SMILES string of the molecule is CNC(=O)c1cccc(-c2ccc3c(N)nc(N4CCOC5(CC(OC)C5)C4)nc3n2)c1. The Kier molecular flexibility index (Phi) is 5.15. The second-order valence-electron chi connectivity index (χ2n) is 8.36. The lowest BCUT2D eigenvalue weighted by Crippen LogP contribution is -2.61. The highest BCUT2D eigenvalue weighted by Gasteiger charge is 2.49. The smallest absolute Gasteiger partial charge is 0.251 e. The summed E-state index contributed by atoms with van der Waals surface area (Å²) in [5.74, 6) is 0.809. The Balaban J connectivity index is 1.47. The normalized spacial score (nSPS) is 22.7. The van der Waals surface area contributed by atoms with Gasteiger partial charge in [0.15, 0.2) is 5.65 Å². The first-order valence-electron chi connectivity index (χ1n) is 10.7. The molecular formula is C23H26N6O3. The van der Waals surface area contributed by atoms with Crippen LogP contribution >= 0.6 is 0 Å². The highest BCUT2D eigenvalue weighted by molar-refractivity contribution is 5.95. The standard InChI is InChI=1S/C23H26N6O3/c1-25-21(30)15-5-3-4-14(10-15)18-7-6-17-19(24)27-22(28-20(17)26-18)29-8-9-32-23(13-29)11-16(12-23)31-2/h3-7,10,16H,8-9,11-13H2,1-2H3,(H,25,30)(H2,24,26,27,28). The number of ether oxygens (including phenoxy) is 2. The van der Waals surface area contributed by atoms with Crippen LogP contribution in [0.5, 0.6) is 0 Å². The molecule has 1 aromatic carbocycles. The van der Waals surface area contributed by atoms with E-state index in [4.69, 9.17) is 25.2 Å². The highest BCUT2D eigenvalue weighted by atomic mass is 16.5. The lowest BCUT2D eigenvalue weighted by Gasteiger charge is -2.51. The maximum Gasteiger partial charge on any atom is 0.251 e. The number of carbonyl (C=O) groups is 1. The number of nitrogens with two attached hydrogens (primary N) is 1. The van der Waals surface area contributed by atoms with E-state index in [1.165, 1.54) is 0 Å². The van der Waals surface area contributed by atoms with Crippen molar-refractivity contribution in [3.8, 4) is 11.3 Å². The molecule has 3 N–H and O–H groups in total. The number of aromatic nitrogens is 3. The molecule has 0 unspecified atom stereocenters. The van der Waals surface area contributed by atoms with Crippen molar-refractivity contribution < 1.29 is 14.3 Å². The number of carbonyl (C=O) groups excluding carboxylic acids is 1. The van der Waals surface area contributed by atoms with E-state index in [0.29, 0.717) is 53.8 Å². The van der Waals surface area contributed by atoms with E-state index in [1.807, 2.05) is 30.3 Å². The van der Waals surface area contributed by atoms with Gasteiger partial charge in [-0.1, -0.05) is 12.1 Å². The molecule has 0 radical (unpaired) electrons. The Morgan fingerprint density at radius 1 is 1.25 bits per heavy atom. The van der Waals surface area contributed by atoms with Crippen LogP contribution in [0.1, 0.15) is 23.2 Å². The number of amides is 1. The van der Waals surface area contributed by atoms with Crippen molar-refractivity contribution in [3.63, 3.8) is 0 Å². The number of hydrogen-bond donors (Lipinski definition) is 2. The van der Waals surface area contributed by atoms with Crippen molar-refractivity contribution in [1.29, 1.82) is 0 Å². The van der Waals surface area contributed by atoms with Crippen LogP contribution in [-0.2, 0) is 9.47 Å². The third-order valence-electron chi connectivity index (χ3n) is 6.29. The van der Waals surface area contributed by atoms with Gasteiger partial charge >= 0.3 is 0 Å². The van der Waals surface area contributed by atoms with Crippen LogP contribution in [0, 0.1) is 0 Å². The van der Waals surface area contributed by atoms with Gasteiger partial charge in [-0.25, -0.2) is 4.98 Å². The number of anilines is 2. The summed E-state index contributed by atoms with van der Waals surface area (Å²) in [5.41, 5.74) is 8.71. The maximum absolute atomic E-state index is 12.0. The number of morpholine rings is 1. The molecule has 1 aliphatic heterocycles. The van der Waals surface area contributed by atoms with Crippen molar-refractivity contribution in [2.45, 2.75) is 24.5 Å². The summed E-state index contributed by atoms with van der Waals surface area (Å²) in [6.07, 6.45) is 1.98. The number of nitrogens with zero attached hydrogens (tertiary/aromatic N) is 4. The quantitative estimate of drug-likeness (QED) is 0.641. The van der Waals surface area contributed by atoms with Crippen LogP contribution < -0.4 is 16.0 Å². The van der Waals surface area contributed by atoms with Gasteiger partial charge in [0.1, 0.15) is 5.82 Å². The van der Waals surface area contributed by atoms with Gasteiger partial charge in [-0.15, -0.1) is 0 Å². The molecule has 5 rings (SSSR count). The number of fused-ring (bicyclic) bond motifs is 1. The Morgan fingerprint density at radius 3 is 2.88 bits per heavy atom. The molecule has 32 heavy (non-hydrogen) atoms. The fourth-order valence-corrected chi connectivity index (χ4v) is 4.49. The van der Waals surface area contributed by atoms with Gasteiger partial charge in [0.25, 0.3) is 5.91 Å². The van der Waals surface area contributed by atoms with Gasteiger partial charge in [0.2, 0.25) is 5.95 Å². The van der Waals surface area contributed by atoms with Crippen molar-refractivity contribution in [2.24, 2.45) is 0 Å². The van der Waals surface area contributed by atoms with Crippen LogP contribution in [0.25, 0.3) is 22.3 Å². The Morgan fingerprint density at radius 2 is 2.09 bits per heavy atom. The largest absolute Gasteiger partial charge is 0.383 e. The molecule has 0 bridgehead atoms. The molecular weight excluding hydrogens is 408 g/mol. The van der Waals surface area contributed by atoms with E-state index in [9.17, 15) is 4.79 Å². The Bertz CT molecular complexity index is 1180. The van der Waals surface area contributed by atoms with Gasteiger partial charge in [0.05, 0.1) is 35.9 Å². The zero-order valence-electron chi connectivity index (χ0n) is 18.2. The first-order valence-corrected chi connectivity index (χ1v) is 10.7. The number of pyridine rings is 1. The summed E-state index contributed by atoms with van der Waals surface area (Å²) in [5, 5.41) is 3.34. The van der Waals surface area contributed by atoms with Crippen molar-refractivity contribution in [2.75, 3.05) is 44.5 Å². The first-order chi connectivity index (χ1) is 15.5. The molecule has 1 spiro atoms. The molecule has 3 heterocycles. The summed E-state index contributed by atoms with van der Waals surface area (Å²) in [6.45, 7) is 2.00. The Labute approximate surface area is 186 Å². The number of rotatable bonds is 4. The van der Waals surface area contributed by atoms with Gasteiger partial charge in [0, 0.05) is 44.7 Å². The van der Waals surface area contributed by atoms with Crippen molar-refractivity contribution in [1.82, 2.24) is 20.3 Å². The molecule has 166 valence electrons. The molecule has 3 aromatic rings. The average Bonchev–Trinajstić information content (AvgIpc) is 2.81. The molecule has 1 aliphatic carbocycles. The first kappa shape index (κ1) is 20.6. The predicted octanol–water partition coefficient (Wildman–Crippen LogP) is 2.02. The molecule has 1 saturated carbocycles. The molecule has 9 heteroatoms. The maximum atomic E-state index is 12.0. The molecule has 2 aliphatic rings. The summed E-state index contributed by atoms with van der Waals surface area (Å²) in [7, 11) is 3.35.